The molecule has 2 aromatic rings. The van der Waals surface area contributed by atoms with E-state index in [1.54, 1.807) is 36.4 Å². The number of thioether (sulfide) groups is 1. The highest BCUT2D eigenvalue weighted by atomic mass is 35.5. The van der Waals surface area contributed by atoms with Crippen LogP contribution in [0.5, 0.6) is 0 Å². The monoisotopic (exact) mass is 402 g/mol. The number of nitrogens with one attached hydrogen (secondary N) is 2. The maximum Gasteiger partial charge on any atom is 0.262 e. The summed E-state index contributed by atoms with van der Waals surface area (Å²) in [6.45, 7) is 0. The van der Waals surface area contributed by atoms with Crippen molar-refractivity contribution in [3.05, 3.63) is 81.9 Å². The molecule has 130 valence electrons. The average molecular weight is 403 g/mol. The van der Waals surface area contributed by atoms with Gasteiger partial charge in [-0.2, -0.15) is 0 Å². The summed E-state index contributed by atoms with van der Waals surface area (Å²) < 4.78 is 0. The number of carbonyl (C=O) groups excluding carboxylic acids is 2. The second-order valence-corrected chi connectivity index (χ2v) is 7.87. The lowest BCUT2D eigenvalue weighted by Crippen LogP contribution is -2.33. The summed E-state index contributed by atoms with van der Waals surface area (Å²) in [6.07, 6.45) is 3.38. The Balaban J connectivity index is 1.85. The molecule has 0 radical (unpaired) electrons. The van der Waals surface area contributed by atoms with Crippen LogP contribution in [0, 0.1) is 5.41 Å². The van der Waals surface area contributed by atoms with Gasteiger partial charge in [0.15, 0.2) is 5.41 Å². The van der Waals surface area contributed by atoms with Crippen molar-refractivity contribution >= 4 is 56.6 Å². The Morgan fingerprint density at radius 3 is 1.46 bits per heavy atom. The first-order chi connectivity index (χ1) is 12.5. The fourth-order valence-corrected chi connectivity index (χ4v) is 4.32. The Hall–Kier alpha value is -2.21. The summed E-state index contributed by atoms with van der Waals surface area (Å²) in [5.41, 5.74) is 5.21. The van der Waals surface area contributed by atoms with E-state index in [0.29, 0.717) is 10.0 Å². The molecule has 2 N–H and O–H groups in total. The molecule has 2 aromatic carbocycles. The van der Waals surface area contributed by atoms with Gasteiger partial charge < -0.3 is 0 Å². The molecule has 0 atom stereocenters. The van der Waals surface area contributed by atoms with Gasteiger partial charge in [-0.1, -0.05) is 59.2 Å². The summed E-state index contributed by atoms with van der Waals surface area (Å²) in [7, 11) is 0. The molecule has 2 aliphatic rings. The molecule has 2 heterocycles. The summed E-state index contributed by atoms with van der Waals surface area (Å²) in [5, 5.41) is 1.24. The SMILES string of the molecule is O=C1NNC(=O)C12C=C(c1ccc(Cl)cc1)SC(c1ccc(Cl)cc1)=C2. The van der Waals surface area contributed by atoms with Crippen LogP contribution in [0.2, 0.25) is 10.0 Å². The van der Waals surface area contributed by atoms with Gasteiger partial charge >= 0.3 is 0 Å². The van der Waals surface area contributed by atoms with Crippen LogP contribution in [-0.2, 0) is 9.59 Å². The Labute approximate surface area is 164 Å². The average Bonchev–Trinajstić information content (AvgIpc) is 2.90. The highest BCUT2D eigenvalue weighted by Crippen LogP contribution is 2.49. The van der Waals surface area contributed by atoms with Crippen LogP contribution >= 0.6 is 35.0 Å². The molecule has 1 spiro atoms. The zero-order chi connectivity index (χ0) is 18.3. The third kappa shape index (κ3) is 2.92. The van der Waals surface area contributed by atoms with Crippen molar-refractivity contribution in [1.29, 1.82) is 0 Å². The number of hydrazine groups is 1. The first-order valence-electron chi connectivity index (χ1n) is 7.74. The van der Waals surface area contributed by atoms with Gasteiger partial charge in [0.25, 0.3) is 11.8 Å². The van der Waals surface area contributed by atoms with E-state index in [1.807, 2.05) is 24.3 Å². The minimum Gasteiger partial charge on any atom is -0.271 e. The van der Waals surface area contributed by atoms with Crippen molar-refractivity contribution in [2.75, 3.05) is 0 Å². The maximum atomic E-state index is 12.5. The highest BCUT2D eigenvalue weighted by Gasteiger charge is 2.49. The molecular weight excluding hydrogens is 391 g/mol. The molecule has 0 saturated carbocycles. The molecule has 1 saturated heterocycles. The minimum absolute atomic E-state index is 0.402. The fourth-order valence-electron chi connectivity index (χ4n) is 2.83. The Kier molecular flexibility index (Phi) is 4.31. The fraction of sp³-hybridized carbons (Fsp3) is 0.0526. The van der Waals surface area contributed by atoms with Crippen molar-refractivity contribution in [1.82, 2.24) is 10.9 Å². The zero-order valence-corrected chi connectivity index (χ0v) is 15.6. The zero-order valence-electron chi connectivity index (χ0n) is 13.3. The van der Waals surface area contributed by atoms with E-state index < -0.39 is 17.2 Å². The van der Waals surface area contributed by atoms with Crippen LogP contribution in [0.15, 0.2) is 60.7 Å². The lowest BCUT2D eigenvalue weighted by molar-refractivity contribution is -0.129. The summed E-state index contributed by atoms with van der Waals surface area (Å²) >= 11 is 13.4. The first-order valence-corrected chi connectivity index (χ1v) is 9.31. The molecule has 0 aliphatic carbocycles. The molecule has 2 amide bonds. The van der Waals surface area contributed by atoms with Gasteiger partial charge in [-0.25, -0.2) is 0 Å². The molecule has 1 fully saturated rings. The third-order valence-corrected chi connectivity index (χ3v) is 5.89. The standard InChI is InChI=1S/C19H12Cl2N2O2S/c20-13-5-1-11(2-6-13)15-9-19(17(24)22-23-18(19)25)10-16(26-15)12-3-7-14(21)8-4-12/h1-10H,(H,22,24)(H,23,25). The lowest BCUT2D eigenvalue weighted by atomic mass is 9.84. The van der Waals surface area contributed by atoms with Crippen molar-refractivity contribution in [3.63, 3.8) is 0 Å². The third-order valence-electron chi connectivity index (χ3n) is 4.24. The predicted octanol–water partition coefficient (Wildman–Crippen LogP) is 4.27. The number of carbonyl (C=O) groups is 2. The topological polar surface area (TPSA) is 58.2 Å². The van der Waals surface area contributed by atoms with Crippen LogP contribution in [0.25, 0.3) is 9.81 Å². The van der Waals surface area contributed by atoms with Crippen LogP contribution in [0.1, 0.15) is 11.1 Å². The van der Waals surface area contributed by atoms with Crippen LogP contribution in [0.3, 0.4) is 0 Å². The van der Waals surface area contributed by atoms with Crippen LogP contribution in [-0.4, -0.2) is 11.8 Å². The van der Waals surface area contributed by atoms with E-state index in [9.17, 15) is 9.59 Å². The van der Waals surface area contributed by atoms with Crippen LogP contribution in [0.4, 0.5) is 0 Å². The van der Waals surface area contributed by atoms with Crippen molar-refractivity contribution in [2.45, 2.75) is 0 Å². The maximum absolute atomic E-state index is 12.5. The van der Waals surface area contributed by atoms with Gasteiger partial charge in [0, 0.05) is 19.9 Å². The normalized spacial score (nSPS) is 18.2. The quantitative estimate of drug-likeness (QED) is 0.737. The number of halogens is 2. The van der Waals surface area contributed by atoms with Gasteiger partial charge in [0.2, 0.25) is 0 Å². The molecule has 26 heavy (non-hydrogen) atoms. The van der Waals surface area contributed by atoms with E-state index in [-0.39, 0.29) is 0 Å². The molecule has 0 aromatic heterocycles. The van der Waals surface area contributed by atoms with Gasteiger partial charge in [-0.15, -0.1) is 0 Å². The number of rotatable bonds is 2. The number of amides is 2. The Morgan fingerprint density at radius 2 is 1.08 bits per heavy atom. The molecule has 0 bridgehead atoms. The first kappa shape index (κ1) is 17.2. The summed E-state index contributed by atoms with van der Waals surface area (Å²) in [6, 6.07) is 14.6. The van der Waals surface area contributed by atoms with E-state index in [4.69, 9.17) is 23.2 Å². The Morgan fingerprint density at radius 1 is 0.692 bits per heavy atom. The van der Waals surface area contributed by atoms with Gasteiger partial charge in [0.05, 0.1) is 0 Å². The smallest absolute Gasteiger partial charge is 0.262 e. The van der Waals surface area contributed by atoms with Crippen LogP contribution < -0.4 is 10.9 Å². The second-order valence-electron chi connectivity index (χ2n) is 5.91. The molecule has 0 unspecified atom stereocenters. The molecule has 4 rings (SSSR count). The lowest BCUT2D eigenvalue weighted by Gasteiger charge is -2.25. The van der Waals surface area contributed by atoms with Crippen molar-refractivity contribution in [3.8, 4) is 0 Å². The predicted molar refractivity (Wildman–Crippen MR) is 105 cm³/mol. The van der Waals surface area contributed by atoms with E-state index >= 15 is 0 Å². The summed E-state index contributed by atoms with van der Waals surface area (Å²) in [5.74, 6) is -0.804. The molecule has 7 heteroatoms. The Bertz CT molecular complexity index is 887. The number of benzene rings is 2. The number of hydrogen-bond acceptors (Lipinski definition) is 3. The van der Waals surface area contributed by atoms with E-state index in [0.717, 1.165) is 20.9 Å². The summed E-state index contributed by atoms with van der Waals surface area (Å²) in [4.78, 5) is 26.6. The molecule has 4 nitrogen and oxygen atoms in total. The van der Waals surface area contributed by atoms with Gasteiger partial charge in [0.1, 0.15) is 0 Å². The largest absolute Gasteiger partial charge is 0.271 e. The van der Waals surface area contributed by atoms with E-state index in [2.05, 4.69) is 10.9 Å². The van der Waals surface area contributed by atoms with E-state index in [1.165, 1.54) is 11.8 Å². The molecule has 2 aliphatic heterocycles. The minimum atomic E-state index is -1.38. The van der Waals surface area contributed by atoms with Gasteiger partial charge in [-0.05, 0) is 47.5 Å². The van der Waals surface area contributed by atoms with Crippen molar-refractivity contribution in [2.24, 2.45) is 5.41 Å². The molecular formula is C19H12Cl2N2O2S. The highest BCUT2D eigenvalue weighted by molar-refractivity contribution is 8.16. The number of hydrogen-bond donors (Lipinski definition) is 2. The van der Waals surface area contributed by atoms with Crippen molar-refractivity contribution < 1.29 is 9.59 Å². The second kappa shape index (κ2) is 6.50. The van der Waals surface area contributed by atoms with Gasteiger partial charge in [-0.3, -0.25) is 20.4 Å².